The number of rotatable bonds is 6. The van der Waals surface area contributed by atoms with E-state index in [1.165, 1.54) is 10.6 Å². The first-order chi connectivity index (χ1) is 13.0. The molecule has 27 heavy (non-hydrogen) atoms. The lowest BCUT2D eigenvalue weighted by Gasteiger charge is -2.21. The second kappa shape index (κ2) is 8.39. The van der Waals surface area contributed by atoms with Crippen LogP contribution in [0.15, 0.2) is 36.5 Å². The first-order valence-electron chi connectivity index (χ1n) is 9.54. The summed E-state index contributed by atoms with van der Waals surface area (Å²) < 4.78 is 2.13. The number of carbonyl (C=O) groups is 2. The first-order valence-corrected chi connectivity index (χ1v) is 9.54. The van der Waals surface area contributed by atoms with Gasteiger partial charge in [-0.1, -0.05) is 12.1 Å². The second-order valence-corrected chi connectivity index (χ2v) is 7.40. The average molecular weight is 369 g/mol. The third-order valence-electron chi connectivity index (χ3n) is 5.54. The molecule has 1 aliphatic heterocycles. The summed E-state index contributed by atoms with van der Waals surface area (Å²) in [5.74, 6) is -0.283. The highest BCUT2D eigenvalue weighted by Gasteiger charge is 2.32. The van der Waals surface area contributed by atoms with Crippen LogP contribution in [-0.2, 0) is 16.6 Å². The van der Waals surface area contributed by atoms with Crippen molar-refractivity contribution in [3.63, 3.8) is 0 Å². The molecule has 2 atom stereocenters. The highest BCUT2D eigenvalue weighted by Crippen LogP contribution is 2.19. The number of quaternary nitrogens is 1. The highest BCUT2D eigenvalue weighted by atomic mass is 16.2. The van der Waals surface area contributed by atoms with Gasteiger partial charge in [0.2, 0.25) is 5.91 Å². The third-order valence-corrected chi connectivity index (χ3v) is 5.54. The van der Waals surface area contributed by atoms with Crippen LogP contribution in [0.4, 0.5) is 5.69 Å². The lowest BCUT2D eigenvalue weighted by atomic mass is 10.1. The van der Waals surface area contributed by atoms with Gasteiger partial charge in [-0.05, 0) is 43.2 Å². The predicted molar refractivity (Wildman–Crippen MR) is 106 cm³/mol. The van der Waals surface area contributed by atoms with E-state index in [1.54, 1.807) is 0 Å². The van der Waals surface area contributed by atoms with Gasteiger partial charge in [0.05, 0.1) is 18.8 Å². The van der Waals surface area contributed by atoms with Crippen LogP contribution < -0.4 is 15.5 Å². The smallest absolute Gasteiger partial charge is 0.275 e. The van der Waals surface area contributed by atoms with Crippen molar-refractivity contribution in [2.45, 2.75) is 32.7 Å². The summed E-state index contributed by atoms with van der Waals surface area (Å²) in [4.78, 5) is 25.8. The van der Waals surface area contributed by atoms with Gasteiger partial charge in [-0.3, -0.25) is 9.59 Å². The number of likely N-dealkylation sites (tertiary alicyclic amines) is 1. The number of carbonyl (C=O) groups excluding carboxylic acids is 2. The minimum atomic E-state index is -0.201. The molecular weight excluding hydrogens is 340 g/mol. The van der Waals surface area contributed by atoms with E-state index in [0.29, 0.717) is 12.6 Å². The molecule has 2 amide bonds. The van der Waals surface area contributed by atoms with E-state index in [4.69, 9.17) is 0 Å². The zero-order chi connectivity index (χ0) is 19.4. The minimum Gasteiger partial charge on any atom is -0.350 e. The summed E-state index contributed by atoms with van der Waals surface area (Å²) in [7, 11) is 2.04. The second-order valence-electron chi connectivity index (χ2n) is 7.40. The van der Waals surface area contributed by atoms with Crippen molar-refractivity contribution >= 4 is 17.5 Å². The number of nitrogens with one attached hydrogen (secondary N) is 3. The van der Waals surface area contributed by atoms with Gasteiger partial charge in [-0.15, -0.1) is 0 Å². The molecule has 144 valence electrons. The molecule has 1 aromatic heterocycles. The average Bonchev–Trinajstić information content (AvgIpc) is 3.25. The van der Waals surface area contributed by atoms with Crippen LogP contribution in [0.25, 0.3) is 0 Å². The molecule has 0 radical (unpaired) electrons. The van der Waals surface area contributed by atoms with E-state index in [0.717, 1.165) is 36.2 Å². The van der Waals surface area contributed by atoms with E-state index >= 15 is 0 Å². The molecular formula is C21H29N4O2+. The van der Waals surface area contributed by atoms with Crippen LogP contribution in [0, 0.1) is 13.8 Å². The Labute approximate surface area is 160 Å². The number of nitrogens with zero attached hydrogens (tertiary/aromatic N) is 1. The van der Waals surface area contributed by atoms with E-state index in [9.17, 15) is 9.59 Å². The first kappa shape index (κ1) is 19.2. The number of hydrogen-bond donors (Lipinski definition) is 3. The summed E-state index contributed by atoms with van der Waals surface area (Å²) in [6.07, 6.45) is 4.25. The fourth-order valence-corrected chi connectivity index (χ4v) is 3.85. The number of hydrogen-bond acceptors (Lipinski definition) is 2. The minimum absolute atomic E-state index is 0.00564. The molecule has 0 spiro atoms. The molecule has 3 N–H and O–H groups in total. The molecule has 2 heterocycles. The topological polar surface area (TPSA) is 67.6 Å². The highest BCUT2D eigenvalue weighted by molar-refractivity contribution is 5.95. The summed E-state index contributed by atoms with van der Waals surface area (Å²) >= 11 is 0. The van der Waals surface area contributed by atoms with E-state index < -0.39 is 0 Å². The number of benzene rings is 1. The van der Waals surface area contributed by atoms with Crippen molar-refractivity contribution in [2.24, 2.45) is 7.05 Å². The zero-order valence-electron chi connectivity index (χ0n) is 16.3. The van der Waals surface area contributed by atoms with Crippen LogP contribution in [0.5, 0.6) is 0 Å². The van der Waals surface area contributed by atoms with Crippen LogP contribution in [-0.4, -0.2) is 36.0 Å². The van der Waals surface area contributed by atoms with Crippen LogP contribution in [0.2, 0.25) is 0 Å². The van der Waals surface area contributed by atoms with Crippen molar-refractivity contribution in [3.8, 4) is 0 Å². The molecule has 1 aliphatic rings. The molecule has 0 saturated carbocycles. The van der Waals surface area contributed by atoms with Gasteiger partial charge in [0.1, 0.15) is 6.04 Å². The van der Waals surface area contributed by atoms with Gasteiger partial charge in [-0.2, -0.15) is 0 Å². The Hall–Kier alpha value is -2.60. The fraction of sp³-hybridized carbons (Fsp3) is 0.429. The molecule has 0 aliphatic carbocycles. The Kier molecular flexibility index (Phi) is 5.96. The Balaban J connectivity index is 1.50. The number of amides is 2. The monoisotopic (exact) mass is 369 g/mol. The molecule has 3 rings (SSSR count). The molecule has 1 aromatic carbocycles. The summed E-state index contributed by atoms with van der Waals surface area (Å²) in [5.41, 5.74) is 4.23. The number of aromatic nitrogens is 1. The van der Waals surface area contributed by atoms with Crippen molar-refractivity contribution in [1.29, 1.82) is 0 Å². The molecule has 6 heteroatoms. The predicted octanol–water partition coefficient (Wildman–Crippen LogP) is 1.12. The largest absolute Gasteiger partial charge is 0.350 e. The normalized spacial score (nSPS) is 19.1. The summed E-state index contributed by atoms with van der Waals surface area (Å²) in [5, 5.41) is 5.64. The molecule has 1 fully saturated rings. The maximum absolute atomic E-state index is 12.4. The van der Waals surface area contributed by atoms with E-state index in [1.807, 2.05) is 51.4 Å². The molecule has 2 aromatic rings. The Morgan fingerprint density at radius 3 is 2.74 bits per heavy atom. The molecule has 1 unspecified atom stereocenters. The molecule has 6 nitrogen and oxygen atoms in total. The van der Waals surface area contributed by atoms with Gasteiger partial charge >= 0.3 is 0 Å². The molecule has 1 saturated heterocycles. The Morgan fingerprint density at radius 1 is 1.19 bits per heavy atom. The van der Waals surface area contributed by atoms with Gasteiger partial charge in [0, 0.05) is 31.8 Å². The lowest BCUT2D eigenvalue weighted by Crippen LogP contribution is -3.11. The number of aryl methyl sites for hydroxylation is 2. The fourth-order valence-electron chi connectivity index (χ4n) is 3.85. The van der Waals surface area contributed by atoms with Crippen molar-refractivity contribution in [1.82, 2.24) is 9.88 Å². The van der Waals surface area contributed by atoms with Crippen LogP contribution in [0.1, 0.15) is 35.7 Å². The van der Waals surface area contributed by atoms with Gasteiger partial charge < -0.3 is 20.1 Å². The molecule has 0 bridgehead atoms. The van der Waals surface area contributed by atoms with Gasteiger partial charge in [-0.25, -0.2) is 0 Å². The standard InChI is InChI=1S/C21H28N4O2/c1-15-7-4-8-17(16(15)2)23-20(26)13-22-21(27)14-25-12-6-10-19(25)18-9-5-11-24(18)3/h4-5,7-9,11,19H,6,10,12-14H2,1-3H3,(H,22,27)(H,23,26)/p+1/t19-/m1/s1. The van der Waals surface area contributed by atoms with Crippen LogP contribution in [0.3, 0.4) is 0 Å². The maximum atomic E-state index is 12.4. The SMILES string of the molecule is Cc1cccc(NC(=O)CNC(=O)C[NH+]2CCC[C@@H]2c2cccn2C)c1C. The third kappa shape index (κ3) is 4.57. The van der Waals surface area contributed by atoms with E-state index in [-0.39, 0.29) is 18.4 Å². The maximum Gasteiger partial charge on any atom is 0.275 e. The van der Waals surface area contributed by atoms with Crippen molar-refractivity contribution < 1.29 is 14.5 Å². The quantitative estimate of drug-likeness (QED) is 0.714. The summed E-state index contributed by atoms with van der Waals surface area (Å²) in [6, 6.07) is 10.3. The Bertz CT molecular complexity index is 827. The van der Waals surface area contributed by atoms with Crippen molar-refractivity contribution in [3.05, 3.63) is 53.3 Å². The number of anilines is 1. The van der Waals surface area contributed by atoms with E-state index in [2.05, 4.69) is 21.3 Å². The lowest BCUT2D eigenvalue weighted by molar-refractivity contribution is -0.911. The summed E-state index contributed by atoms with van der Waals surface area (Å²) in [6.45, 7) is 5.36. The van der Waals surface area contributed by atoms with Crippen molar-refractivity contribution in [2.75, 3.05) is 25.0 Å². The van der Waals surface area contributed by atoms with Gasteiger partial charge in [0.15, 0.2) is 6.54 Å². The van der Waals surface area contributed by atoms with Gasteiger partial charge in [0.25, 0.3) is 5.91 Å². The Morgan fingerprint density at radius 2 is 2.00 bits per heavy atom. The van der Waals surface area contributed by atoms with Crippen LogP contribution >= 0.6 is 0 Å². The zero-order valence-corrected chi connectivity index (χ0v) is 16.3.